The quantitative estimate of drug-likeness (QED) is 0.428. The number of hydrogen-bond acceptors (Lipinski definition) is 6. The molecule has 1 saturated carbocycles. The zero-order chi connectivity index (χ0) is 17.7. The van der Waals surface area contributed by atoms with E-state index in [0.29, 0.717) is 12.2 Å². The number of nitro groups is 1. The third kappa shape index (κ3) is 4.68. The fourth-order valence-corrected chi connectivity index (χ4v) is 2.05. The molecule has 0 aromatic heterocycles. The van der Waals surface area contributed by atoms with Gasteiger partial charge in [0.15, 0.2) is 6.10 Å². The molecule has 1 fully saturated rings. The summed E-state index contributed by atoms with van der Waals surface area (Å²) in [5, 5.41) is 16.9. The molecule has 1 atom stereocenters. The number of nitrogens with one attached hydrogen (secondary N) is 2. The molecule has 0 heterocycles. The van der Waals surface area contributed by atoms with Crippen molar-refractivity contribution in [3.63, 3.8) is 0 Å². The zero-order valence-electron chi connectivity index (χ0n) is 13.7. The molecule has 0 radical (unpaired) electrons. The monoisotopic (exact) mass is 335 g/mol. The third-order valence-electron chi connectivity index (χ3n) is 3.57. The summed E-state index contributed by atoms with van der Waals surface area (Å²) in [4.78, 5) is 34.5. The Morgan fingerprint density at radius 2 is 2.12 bits per heavy atom. The SMILES string of the molecule is CCCNC(=O)[C@H](C)OC(=O)c1ccc(NC2CC2)c([N+](=O)[O-])c1. The maximum atomic E-state index is 12.1. The van der Waals surface area contributed by atoms with E-state index in [2.05, 4.69) is 10.6 Å². The van der Waals surface area contributed by atoms with Crippen LogP contribution in [0.2, 0.25) is 0 Å². The normalized spacial score (nSPS) is 14.6. The van der Waals surface area contributed by atoms with Crippen molar-refractivity contribution in [3.05, 3.63) is 33.9 Å². The lowest BCUT2D eigenvalue weighted by Crippen LogP contribution is -2.36. The Bertz CT molecular complexity index is 643. The van der Waals surface area contributed by atoms with Gasteiger partial charge in [-0.25, -0.2) is 4.79 Å². The number of esters is 1. The van der Waals surface area contributed by atoms with E-state index in [1.165, 1.54) is 25.1 Å². The topological polar surface area (TPSA) is 111 Å². The van der Waals surface area contributed by atoms with Crippen molar-refractivity contribution in [1.29, 1.82) is 0 Å². The van der Waals surface area contributed by atoms with Crippen molar-refractivity contribution in [1.82, 2.24) is 5.32 Å². The highest BCUT2D eigenvalue weighted by Crippen LogP contribution is 2.31. The van der Waals surface area contributed by atoms with E-state index < -0.39 is 22.9 Å². The number of anilines is 1. The van der Waals surface area contributed by atoms with Crippen molar-refractivity contribution in [3.8, 4) is 0 Å². The number of nitrogens with zero attached hydrogens (tertiary/aromatic N) is 1. The van der Waals surface area contributed by atoms with Gasteiger partial charge in [0.05, 0.1) is 10.5 Å². The first-order valence-electron chi connectivity index (χ1n) is 7.96. The summed E-state index contributed by atoms with van der Waals surface area (Å²) in [5.41, 5.74) is 0.241. The number of ether oxygens (including phenoxy) is 1. The molecular weight excluding hydrogens is 314 g/mol. The van der Waals surface area contributed by atoms with Crippen molar-refractivity contribution in [2.24, 2.45) is 0 Å². The molecule has 1 aliphatic carbocycles. The van der Waals surface area contributed by atoms with E-state index in [1.54, 1.807) is 0 Å². The first kappa shape index (κ1) is 17.7. The van der Waals surface area contributed by atoms with Gasteiger partial charge in [0, 0.05) is 18.7 Å². The van der Waals surface area contributed by atoms with E-state index in [4.69, 9.17) is 4.74 Å². The maximum Gasteiger partial charge on any atom is 0.339 e. The van der Waals surface area contributed by atoms with E-state index in [0.717, 1.165) is 19.3 Å². The summed E-state index contributed by atoms with van der Waals surface area (Å²) in [6.07, 6.45) is 1.76. The molecule has 8 heteroatoms. The molecule has 8 nitrogen and oxygen atoms in total. The Morgan fingerprint density at radius 1 is 1.42 bits per heavy atom. The van der Waals surface area contributed by atoms with Crippen molar-refractivity contribution in [2.45, 2.75) is 45.3 Å². The van der Waals surface area contributed by atoms with Crippen LogP contribution in [0.4, 0.5) is 11.4 Å². The Labute approximate surface area is 139 Å². The Balaban J connectivity index is 2.07. The number of carbonyl (C=O) groups is 2. The van der Waals surface area contributed by atoms with Crippen molar-refractivity contribution < 1.29 is 19.2 Å². The van der Waals surface area contributed by atoms with Crippen LogP contribution >= 0.6 is 0 Å². The van der Waals surface area contributed by atoms with E-state index in [-0.39, 0.29) is 17.3 Å². The average Bonchev–Trinajstić information content (AvgIpc) is 3.36. The number of rotatable bonds is 8. The van der Waals surface area contributed by atoms with Gasteiger partial charge in [-0.3, -0.25) is 14.9 Å². The summed E-state index contributed by atoms with van der Waals surface area (Å²) in [5.74, 6) is -1.16. The second-order valence-corrected chi connectivity index (χ2v) is 5.75. The molecule has 130 valence electrons. The van der Waals surface area contributed by atoms with Gasteiger partial charge in [-0.05, 0) is 38.3 Å². The lowest BCUT2D eigenvalue weighted by Gasteiger charge is -2.13. The molecule has 0 bridgehead atoms. The molecule has 1 aromatic carbocycles. The van der Waals surface area contributed by atoms with Gasteiger partial charge >= 0.3 is 5.97 Å². The molecule has 0 saturated heterocycles. The van der Waals surface area contributed by atoms with E-state index >= 15 is 0 Å². The number of carbonyl (C=O) groups excluding carboxylic acids is 2. The second-order valence-electron chi connectivity index (χ2n) is 5.75. The van der Waals surface area contributed by atoms with Crippen LogP contribution in [0.5, 0.6) is 0 Å². The summed E-state index contributed by atoms with van der Waals surface area (Å²) in [7, 11) is 0. The van der Waals surface area contributed by atoms with E-state index in [9.17, 15) is 19.7 Å². The fourth-order valence-electron chi connectivity index (χ4n) is 2.05. The minimum Gasteiger partial charge on any atom is -0.449 e. The highest BCUT2D eigenvalue weighted by Gasteiger charge is 2.26. The molecule has 0 spiro atoms. The van der Waals surface area contributed by atoms with Gasteiger partial charge in [0.1, 0.15) is 5.69 Å². The molecule has 0 aliphatic heterocycles. The molecule has 2 rings (SSSR count). The number of amides is 1. The van der Waals surface area contributed by atoms with Gasteiger partial charge in [-0.2, -0.15) is 0 Å². The van der Waals surface area contributed by atoms with Gasteiger partial charge in [0.25, 0.3) is 11.6 Å². The Hall–Kier alpha value is -2.64. The molecule has 0 unspecified atom stereocenters. The van der Waals surface area contributed by atoms with E-state index in [1.807, 2.05) is 6.92 Å². The van der Waals surface area contributed by atoms with Gasteiger partial charge in [-0.15, -0.1) is 0 Å². The molecule has 2 N–H and O–H groups in total. The summed E-state index contributed by atoms with van der Waals surface area (Å²) in [6, 6.07) is 4.37. The molecule has 1 amide bonds. The largest absolute Gasteiger partial charge is 0.449 e. The van der Waals surface area contributed by atoms with Crippen LogP contribution in [0, 0.1) is 10.1 Å². The summed E-state index contributed by atoms with van der Waals surface area (Å²) in [6.45, 7) is 3.86. The Morgan fingerprint density at radius 3 is 2.71 bits per heavy atom. The lowest BCUT2D eigenvalue weighted by molar-refractivity contribution is -0.384. The maximum absolute atomic E-state index is 12.1. The number of benzene rings is 1. The van der Waals surface area contributed by atoms with Crippen LogP contribution in [-0.4, -0.2) is 35.5 Å². The number of nitro benzene ring substituents is 1. The standard InChI is InChI=1S/C16H21N3O5/c1-3-8-17-15(20)10(2)24-16(21)11-4-7-13(18-12-5-6-12)14(9-11)19(22)23/h4,7,9-10,12,18H,3,5-6,8H2,1-2H3,(H,17,20)/t10-/m0/s1. The summed E-state index contributed by atoms with van der Waals surface area (Å²) < 4.78 is 5.07. The fraction of sp³-hybridized carbons (Fsp3) is 0.500. The highest BCUT2D eigenvalue weighted by atomic mass is 16.6. The van der Waals surface area contributed by atoms with Crippen LogP contribution in [-0.2, 0) is 9.53 Å². The van der Waals surface area contributed by atoms with Gasteiger partial charge in [0.2, 0.25) is 0 Å². The smallest absolute Gasteiger partial charge is 0.339 e. The number of hydrogen-bond donors (Lipinski definition) is 2. The molecule has 24 heavy (non-hydrogen) atoms. The Kier molecular flexibility index (Phi) is 5.73. The lowest BCUT2D eigenvalue weighted by atomic mass is 10.1. The van der Waals surface area contributed by atoms with Crippen LogP contribution in [0.25, 0.3) is 0 Å². The predicted octanol–water partition coefficient (Wildman–Crippen LogP) is 2.24. The zero-order valence-corrected chi connectivity index (χ0v) is 13.7. The molecule has 1 aromatic rings. The minimum absolute atomic E-state index is 0.0400. The second kappa shape index (κ2) is 7.76. The minimum atomic E-state index is -0.965. The van der Waals surface area contributed by atoms with Crippen molar-refractivity contribution in [2.75, 3.05) is 11.9 Å². The van der Waals surface area contributed by atoms with Crippen LogP contribution < -0.4 is 10.6 Å². The first-order chi connectivity index (χ1) is 11.4. The van der Waals surface area contributed by atoms with Crippen molar-refractivity contribution >= 4 is 23.3 Å². The summed E-state index contributed by atoms with van der Waals surface area (Å²) >= 11 is 0. The first-order valence-corrected chi connectivity index (χ1v) is 7.96. The van der Waals surface area contributed by atoms with Crippen LogP contribution in [0.15, 0.2) is 18.2 Å². The van der Waals surface area contributed by atoms with Crippen LogP contribution in [0.1, 0.15) is 43.5 Å². The van der Waals surface area contributed by atoms with Gasteiger partial charge in [-0.1, -0.05) is 6.92 Å². The third-order valence-corrected chi connectivity index (χ3v) is 3.57. The highest BCUT2D eigenvalue weighted by molar-refractivity contribution is 5.93. The van der Waals surface area contributed by atoms with Crippen LogP contribution in [0.3, 0.4) is 0 Å². The predicted molar refractivity (Wildman–Crippen MR) is 87.9 cm³/mol. The molecule has 1 aliphatic rings. The van der Waals surface area contributed by atoms with Gasteiger partial charge < -0.3 is 15.4 Å². The molecular formula is C16H21N3O5. The average molecular weight is 335 g/mol.